The maximum Gasteiger partial charge on any atom is 0.224 e. The summed E-state index contributed by atoms with van der Waals surface area (Å²) < 4.78 is 13.3. The molecule has 0 bridgehead atoms. The Morgan fingerprint density at radius 2 is 1.97 bits per heavy atom. The fraction of sp³-hybridized carbons (Fsp3) is 0.190. The van der Waals surface area contributed by atoms with Gasteiger partial charge in [-0.05, 0) is 35.7 Å². The maximum atomic E-state index is 13.3. The van der Waals surface area contributed by atoms with E-state index in [-0.39, 0.29) is 17.8 Å². The fourth-order valence-electron chi connectivity index (χ4n) is 3.90. The molecule has 29 heavy (non-hydrogen) atoms. The minimum Gasteiger partial charge on any atom is -0.368 e. The number of rotatable bonds is 4. The lowest BCUT2D eigenvalue weighted by atomic mass is 9.97. The molecule has 1 atom stereocenters. The monoisotopic (exact) mass is 389 g/mol. The van der Waals surface area contributed by atoms with Crippen LogP contribution >= 0.6 is 0 Å². The third kappa shape index (κ3) is 3.44. The van der Waals surface area contributed by atoms with Crippen molar-refractivity contribution in [2.24, 2.45) is 0 Å². The van der Waals surface area contributed by atoms with Gasteiger partial charge in [-0.15, -0.1) is 0 Å². The highest BCUT2D eigenvalue weighted by Crippen LogP contribution is 2.30. The molecule has 0 spiro atoms. The number of fused-ring (bicyclic) bond motifs is 2. The van der Waals surface area contributed by atoms with E-state index >= 15 is 0 Å². The lowest BCUT2D eigenvalue weighted by Gasteiger charge is -2.37. The zero-order valence-electron chi connectivity index (χ0n) is 15.6. The number of anilines is 3. The van der Waals surface area contributed by atoms with Gasteiger partial charge < -0.3 is 16.0 Å². The average Bonchev–Trinajstić information content (AvgIpc) is 3.18. The van der Waals surface area contributed by atoms with E-state index in [1.807, 2.05) is 24.3 Å². The molecule has 4 aromatic rings. The number of hydrogen-bond donors (Lipinski definition) is 3. The van der Waals surface area contributed by atoms with Gasteiger partial charge >= 0.3 is 0 Å². The predicted octanol–water partition coefficient (Wildman–Crippen LogP) is 3.12. The number of benzene rings is 2. The molecule has 1 aliphatic rings. The van der Waals surface area contributed by atoms with Crippen molar-refractivity contribution in [3.8, 4) is 0 Å². The summed E-state index contributed by atoms with van der Waals surface area (Å²) >= 11 is 0. The Balaban J connectivity index is 1.44. The highest BCUT2D eigenvalue weighted by molar-refractivity contribution is 5.87. The molecule has 0 aliphatic carbocycles. The van der Waals surface area contributed by atoms with E-state index in [1.165, 1.54) is 23.4 Å². The van der Waals surface area contributed by atoms with E-state index in [9.17, 15) is 4.39 Å². The molecule has 1 unspecified atom stereocenters. The van der Waals surface area contributed by atoms with Crippen molar-refractivity contribution >= 4 is 28.5 Å². The molecule has 0 saturated heterocycles. The molecule has 8 heteroatoms. The first-order valence-corrected chi connectivity index (χ1v) is 9.46. The Morgan fingerprint density at radius 3 is 2.83 bits per heavy atom. The Labute approximate surface area is 166 Å². The van der Waals surface area contributed by atoms with Gasteiger partial charge in [0.05, 0.1) is 11.6 Å². The van der Waals surface area contributed by atoms with Crippen molar-refractivity contribution in [2.45, 2.75) is 19.0 Å². The molecular formula is C21H20FN7. The van der Waals surface area contributed by atoms with Gasteiger partial charge in [-0.3, -0.25) is 5.10 Å². The molecule has 5 rings (SSSR count). The van der Waals surface area contributed by atoms with Crippen LogP contribution in [0, 0.1) is 5.82 Å². The summed E-state index contributed by atoms with van der Waals surface area (Å²) in [5.41, 5.74) is 9.98. The number of nitrogens with zero attached hydrogens (tertiary/aromatic N) is 4. The molecule has 7 nitrogen and oxygen atoms in total. The Morgan fingerprint density at radius 1 is 1.14 bits per heavy atom. The van der Waals surface area contributed by atoms with E-state index in [4.69, 9.17) is 5.73 Å². The Kier molecular flexibility index (Phi) is 4.23. The summed E-state index contributed by atoms with van der Waals surface area (Å²) in [6.07, 6.45) is 2.56. The van der Waals surface area contributed by atoms with Gasteiger partial charge in [0.2, 0.25) is 5.95 Å². The highest BCUT2D eigenvalue weighted by atomic mass is 19.1. The summed E-state index contributed by atoms with van der Waals surface area (Å²) in [5, 5.41) is 11.2. The van der Waals surface area contributed by atoms with Gasteiger partial charge in [-0.2, -0.15) is 15.1 Å². The molecular weight excluding hydrogens is 369 g/mol. The van der Waals surface area contributed by atoms with Gasteiger partial charge in [0.1, 0.15) is 11.6 Å². The van der Waals surface area contributed by atoms with Crippen LogP contribution in [0.3, 0.4) is 0 Å². The zero-order chi connectivity index (χ0) is 19.8. The third-order valence-electron chi connectivity index (χ3n) is 5.19. The minimum absolute atomic E-state index is 0.123. The van der Waals surface area contributed by atoms with Crippen molar-refractivity contribution in [3.63, 3.8) is 0 Å². The summed E-state index contributed by atoms with van der Waals surface area (Å²) in [7, 11) is 0. The smallest absolute Gasteiger partial charge is 0.224 e. The molecule has 1 aliphatic heterocycles. The standard InChI is InChI=1S/C21H20FN7/c22-15-7-5-13(6-8-15)11-29-12-16(9-14-3-1-2-4-18(14)29)25-19-17-10-24-28-20(17)27-21(23)26-19/h1-8,10,16H,9,11-12H2,(H4,23,24,25,26,27,28). The van der Waals surface area contributed by atoms with E-state index in [1.54, 1.807) is 6.20 Å². The van der Waals surface area contributed by atoms with Crippen LogP contribution in [0.4, 0.5) is 21.8 Å². The van der Waals surface area contributed by atoms with Gasteiger partial charge in [-0.25, -0.2) is 4.39 Å². The topological polar surface area (TPSA) is 95.7 Å². The normalized spacial score (nSPS) is 16.0. The second-order valence-corrected chi connectivity index (χ2v) is 7.24. The molecule has 0 radical (unpaired) electrons. The van der Waals surface area contributed by atoms with E-state index in [2.05, 4.69) is 42.5 Å². The fourth-order valence-corrected chi connectivity index (χ4v) is 3.90. The van der Waals surface area contributed by atoms with Crippen LogP contribution in [0.5, 0.6) is 0 Å². The molecule has 0 amide bonds. The number of aromatic nitrogens is 4. The molecule has 4 N–H and O–H groups in total. The van der Waals surface area contributed by atoms with Gasteiger partial charge in [0.15, 0.2) is 5.65 Å². The molecule has 0 fully saturated rings. The first-order chi connectivity index (χ1) is 14.2. The lowest BCUT2D eigenvalue weighted by molar-refractivity contribution is 0.619. The third-order valence-corrected chi connectivity index (χ3v) is 5.19. The number of nitrogens with one attached hydrogen (secondary N) is 2. The van der Waals surface area contributed by atoms with Crippen LogP contribution in [-0.2, 0) is 13.0 Å². The van der Waals surface area contributed by atoms with E-state index < -0.39 is 0 Å². The number of para-hydroxylation sites is 1. The van der Waals surface area contributed by atoms with Crippen molar-refractivity contribution in [1.82, 2.24) is 20.2 Å². The van der Waals surface area contributed by atoms with Crippen LogP contribution in [-0.4, -0.2) is 32.8 Å². The summed E-state index contributed by atoms with van der Waals surface area (Å²) in [6.45, 7) is 1.47. The van der Waals surface area contributed by atoms with Crippen LogP contribution in [0.2, 0.25) is 0 Å². The molecule has 2 aromatic heterocycles. The quantitative estimate of drug-likeness (QED) is 0.496. The van der Waals surface area contributed by atoms with Crippen LogP contribution in [0.25, 0.3) is 11.0 Å². The van der Waals surface area contributed by atoms with Crippen molar-refractivity contribution in [2.75, 3.05) is 22.5 Å². The number of nitrogen functional groups attached to an aromatic ring is 1. The second kappa shape index (κ2) is 7.05. The van der Waals surface area contributed by atoms with Gasteiger partial charge in [-0.1, -0.05) is 30.3 Å². The second-order valence-electron chi connectivity index (χ2n) is 7.24. The molecule has 0 saturated carbocycles. The summed E-state index contributed by atoms with van der Waals surface area (Å²) in [4.78, 5) is 10.9. The Bertz CT molecular complexity index is 1160. The number of aromatic amines is 1. The Hall–Kier alpha value is -3.68. The predicted molar refractivity (Wildman–Crippen MR) is 111 cm³/mol. The van der Waals surface area contributed by atoms with Gasteiger partial charge in [0.25, 0.3) is 0 Å². The van der Waals surface area contributed by atoms with Crippen molar-refractivity contribution in [1.29, 1.82) is 0 Å². The number of nitrogens with two attached hydrogens (primary N) is 1. The first kappa shape index (κ1) is 17.4. The zero-order valence-corrected chi connectivity index (χ0v) is 15.6. The average molecular weight is 389 g/mol. The largest absolute Gasteiger partial charge is 0.368 e. The number of hydrogen-bond acceptors (Lipinski definition) is 6. The number of halogens is 1. The molecule has 146 valence electrons. The summed E-state index contributed by atoms with van der Waals surface area (Å²) in [6, 6.07) is 15.1. The number of H-pyrrole nitrogens is 1. The summed E-state index contributed by atoms with van der Waals surface area (Å²) in [5.74, 6) is 0.647. The van der Waals surface area contributed by atoms with Crippen LogP contribution < -0.4 is 16.0 Å². The maximum absolute atomic E-state index is 13.3. The van der Waals surface area contributed by atoms with Crippen LogP contribution in [0.1, 0.15) is 11.1 Å². The van der Waals surface area contributed by atoms with Crippen LogP contribution in [0.15, 0.2) is 54.7 Å². The first-order valence-electron chi connectivity index (χ1n) is 9.46. The highest BCUT2D eigenvalue weighted by Gasteiger charge is 2.25. The molecule has 2 aromatic carbocycles. The molecule has 3 heterocycles. The lowest BCUT2D eigenvalue weighted by Crippen LogP contribution is -2.42. The van der Waals surface area contributed by atoms with Crippen molar-refractivity contribution in [3.05, 3.63) is 71.7 Å². The van der Waals surface area contributed by atoms with Crippen molar-refractivity contribution < 1.29 is 4.39 Å². The van der Waals surface area contributed by atoms with E-state index in [0.29, 0.717) is 18.0 Å². The SMILES string of the molecule is Nc1nc(NC2Cc3ccccc3N(Cc3ccc(F)cc3)C2)c2cn[nH]c2n1. The van der Waals surface area contributed by atoms with Gasteiger partial charge in [0, 0.05) is 24.8 Å². The minimum atomic E-state index is -0.224. The van der Waals surface area contributed by atoms with E-state index in [0.717, 1.165) is 23.9 Å².